The molecule has 0 atom stereocenters. The van der Waals surface area contributed by atoms with Gasteiger partial charge in [0.1, 0.15) is 0 Å². The predicted octanol–water partition coefficient (Wildman–Crippen LogP) is 2.40. The van der Waals surface area contributed by atoms with Crippen molar-refractivity contribution < 1.29 is 4.74 Å². The molecule has 1 aliphatic carbocycles. The van der Waals surface area contributed by atoms with E-state index in [0.29, 0.717) is 5.41 Å². The quantitative estimate of drug-likeness (QED) is 0.819. The topological polar surface area (TPSA) is 38.5 Å². The molecule has 2 N–H and O–H groups in total. The summed E-state index contributed by atoms with van der Waals surface area (Å²) in [5.41, 5.74) is 6.52. The van der Waals surface area contributed by atoms with Gasteiger partial charge in [-0.3, -0.25) is 0 Å². The Labute approximate surface area is 112 Å². The first-order valence-electron chi connectivity index (χ1n) is 7.74. The van der Waals surface area contributed by atoms with Crippen molar-refractivity contribution in [1.29, 1.82) is 0 Å². The van der Waals surface area contributed by atoms with Gasteiger partial charge in [0, 0.05) is 19.3 Å². The van der Waals surface area contributed by atoms with Gasteiger partial charge in [0.25, 0.3) is 0 Å². The van der Waals surface area contributed by atoms with Crippen LogP contribution in [0.5, 0.6) is 0 Å². The molecule has 1 saturated heterocycles. The molecule has 1 heterocycles. The lowest BCUT2D eigenvalue weighted by Gasteiger charge is -2.39. The molecule has 0 unspecified atom stereocenters. The van der Waals surface area contributed by atoms with Gasteiger partial charge >= 0.3 is 0 Å². The van der Waals surface area contributed by atoms with Crippen molar-refractivity contribution in [2.24, 2.45) is 11.1 Å². The Hall–Kier alpha value is -0.120. The van der Waals surface area contributed by atoms with Gasteiger partial charge in [0.15, 0.2) is 0 Å². The van der Waals surface area contributed by atoms with E-state index in [-0.39, 0.29) is 0 Å². The summed E-state index contributed by atoms with van der Waals surface area (Å²) in [7, 11) is 2.28. The highest BCUT2D eigenvalue weighted by Gasteiger charge is 2.31. The third-order valence-electron chi connectivity index (χ3n) is 5.16. The van der Waals surface area contributed by atoms with Crippen molar-refractivity contribution >= 4 is 0 Å². The Morgan fingerprint density at radius 3 is 2.44 bits per heavy atom. The van der Waals surface area contributed by atoms with E-state index in [9.17, 15) is 0 Å². The Kier molecular flexibility index (Phi) is 5.46. The fourth-order valence-corrected chi connectivity index (χ4v) is 3.58. The minimum absolute atomic E-state index is 0.456. The van der Waals surface area contributed by atoms with E-state index in [1.165, 1.54) is 57.9 Å². The first kappa shape index (κ1) is 14.3. The molecule has 0 amide bonds. The summed E-state index contributed by atoms with van der Waals surface area (Å²) in [6, 6.07) is 0.733. The van der Waals surface area contributed by atoms with E-state index in [1.54, 1.807) is 0 Å². The lowest BCUT2D eigenvalue weighted by Crippen LogP contribution is -2.41. The van der Waals surface area contributed by atoms with E-state index in [0.717, 1.165) is 25.8 Å². The van der Waals surface area contributed by atoms with Crippen LogP contribution in [0.4, 0.5) is 0 Å². The lowest BCUT2D eigenvalue weighted by atomic mass is 9.72. The van der Waals surface area contributed by atoms with Crippen molar-refractivity contribution in [1.82, 2.24) is 4.90 Å². The first-order chi connectivity index (χ1) is 8.76. The molecular weight excluding hydrogens is 224 g/mol. The zero-order valence-electron chi connectivity index (χ0n) is 12.0. The van der Waals surface area contributed by atoms with Gasteiger partial charge < -0.3 is 15.4 Å². The summed E-state index contributed by atoms with van der Waals surface area (Å²) in [5.74, 6) is 0. The number of hydrogen-bond donors (Lipinski definition) is 1. The van der Waals surface area contributed by atoms with Crippen LogP contribution in [0.1, 0.15) is 51.4 Å². The molecule has 1 saturated carbocycles. The Morgan fingerprint density at radius 1 is 1.17 bits per heavy atom. The van der Waals surface area contributed by atoms with Gasteiger partial charge in [-0.2, -0.15) is 0 Å². The highest BCUT2D eigenvalue weighted by atomic mass is 16.5. The van der Waals surface area contributed by atoms with Gasteiger partial charge in [-0.05, 0) is 57.7 Å². The van der Waals surface area contributed by atoms with Crippen LogP contribution in [-0.4, -0.2) is 44.3 Å². The fourth-order valence-electron chi connectivity index (χ4n) is 3.58. The van der Waals surface area contributed by atoms with E-state index >= 15 is 0 Å². The summed E-state index contributed by atoms with van der Waals surface area (Å²) in [5, 5.41) is 0. The number of nitrogens with zero attached hydrogens (tertiary/aromatic N) is 1. The van der Waals surface area contributed by atoms with Crippen molar-refractivity contribution in [3.8, 4) is 0 Å². The summed E-state index contributed by atoms with van der Waals surface area (Å²) in [6.07, 6.45) is 10.6. The van der Waals surface area contributed by atoms with Crippen molar-refractivity contribution in [3.05, 3.63) is 0 Å². The molecule has 0 aromatic heterocycles. The van der Waals surface area contributed by atoms with Gasteiger partial charge in [-0.1, -0.05) is 19.3 Å². The van der Waals surface area contributed by atoms with E-state index < -0.39 is 0 Å². The minimum atomic E-state index is 0.456. The van der Waals surface area contributed by atoms with Crippen LogP contribution in [0.15, 0.2) is 0 Å². The van der Waals surface area contributed by atoms with Crippen molar-refractivity contribution in [2.75, 3.05) is 33.4 Å². The number of hydrogen-bond acceptors (Lipinski definition) is 3. The number of ether oxygens (including phenoxy) is 1. The van der Waals surface area contributed by atoms with Crippen molar-refractivity contribution in [2.45, 2.75) is 57.4 Å². The van der Waals surface area contributed by atoms with Crippen LogP contribution < -0.4 is 5.73 Å². The molecule has 18 heavy (non-hydrogen) atoms. The average molecular weight is 254 g/mol. The molecule has 106 valence electrons. The molecular formula is C15H30N2O. The molecule has 2 fully saturated rings. The molecule has 1 aliphatic heterocycles. The zero-order chi connectivity index (χ0) is 12.8. The van der Waals surface area contributed by atoms with Crippen LogP contribution in [0.2, 0.25) is 0 Å². The summed E-state index contributed by atoms with van der Waals surface area (Å²) < 4.78 is 5.44. The molecule has 2 rings (SSSR count). The standard InChI is InChI=1S/C15H30N2O/c1-17(14-5-11-18-12-6-14)10-9-15(13-16)7-3-2-4-8-15/h14H,2-13,16H2,1H3. The second kappa shape index (κ2) is 6.88. The van der Waals surface area contributed by atoms with Gasteiger partial charge in [0.2, 0.25) is 0 Å². The summed E-state index contributed by atoms with van der Waals surface area (Å²) >= 11 is 0. The largest absolute Gasteiger partial charge is 0.381 e. The summed E-state index contributed by atoms with van der Waals surface area (Å²) in [4.78, 5) is 2.55. The summed E-state index contributed by atoms with van der Waals surface area (Å²) in [6.45, 7) is 3.98. The van der Waals surface area contributed by atoms with Gasteiger partial charge in [0.05, 0.1) is 0 Å². The van der Waals surface area contributed by atoms with Crippen LogP contribution >= 0.6 is 0 Å². The molecule has 0 radical (unpaired) electrons. The Morgan fingerprint density at radius 2 is 1.83 bits per heavy atom. The lowest BCUT2D eigenvalue weighted by molar-refractivity contribution is 0.0365. The average Bonchev–Trinajstić information content (AvgIpc) is 2.47. The third-order valence-corrected chi connectivity index (χ3v) is 5.16. The highest BCUT2D eigenvalue weighted by Crippen LogP contribution is 2.38. The molecule has 0 aromatic rings. The molecule has 0 aromatic carbocycles. The zero-order valence-corrected chi connectivity index (χ0v) is 12.0. The van der Waals surface area contributed by atoms with Crippen LogP contribution in [0.25, 0.3) is 0 Å². The van der Waals surface area contributed by atoms with Crippen LogP contribution in [0, 0.1) is 5.41 Å². The van der Waals surface area contributed by atoms with Crippen LogP contribution in [0.3, 0.4) is 0 Å². The minimum Gasteiger partial charge on any atom is -0.381 e. The molecule has 3 nitrogen and oxygen atoms in total. The van der Waals surface area contributed by atoms with Gasteiger partial charge in [-0.25, -0.2) is 0 Å². The van der Waals surface area contributed by atoms with E-state index in [4.69, 9.17) is 10.5 Å². The normalized spacial score (nSPS) is 25.5. The fraction of sp³-hybridized carbons (Fsp3) is 1.00. The molecule has 0 spiro atoms. The SMILES string of the molecule is CN(CCC1(CN)CCCCC1)C1CCOCC1. The smallest absolute Gasteiger partial charge is 0.0480 e. The van der Waals surface area contributed by atoms with Gasteiger partial charge in [-0.15, -0.1) is 0 Å². The highest BCUT2D eigenvalue weighted by molar-refractivity contribution is 4.85. The molecule has 0 bridgehead atoms. The van der Waals surface area contributed by atoms with Crippen molar-refractivity contribution in [3.63, 3.8) is 0 Å². The number of rotatable bonds is 5. The van der Waals surface area contributed by atoms with E-state index in [2.05, 4.69) is 11.9 Å². The maximum Gasteiger partial charge on any atom is 0.0480 e. The monoisotopic (exact) mass is 254 g/mol. The molecule has 3 heteroatoms. The van der Waals surface area contributed by atoms with E-state index in [1.807, 2.05) is 0 Å². The second-order valence-electron chi connectivity index (χ2n) is 6.34. The maximum atomic E-state index is 6.06. The number of nitrogens with two attached hydrogens (primary N) is 1. The Bertz CT molecular complexity index is 233. The first-order valence-corrected chi connectivity index (χ1v) is 7.74. The third kappa shape index (κ3) is 3.69. The Balaban J connectivity index is 1.77. The maximum absolute atomic E-state index is 6.06. The van der Waals surface area contributed by atoms with Crippen LogP contribution in [-0.2, 0) is 4.74 Å². The predicted molar refractivity (Wildman–Crippen MR) is 75.7 cm³/mol. The molecule has 2 aliphatic rings. The second-order valence-corrected chi connectivity index (χ2v) is 6.34.